The second-order valence-corrected chi connectivity index (χ2v) is 15.7. The third-order valence-electron chi connectivity index (χ3n) is 13.1. The molecule has 5 saturated heterocycles. The molecule has 2 saturated carbocycles. The molecule has 2 bridgehead atoms. The third-order valence-corrected chi connectivity index (χ3v) is 13.1. The van der Waals surface area contributed by atoms with Crippen LogP contribution in [0.4, 0.5) is 13.2 Å². The van der Waals surface area contributed by atoms with Gasteiger partial charge in [-0.05, 0) is 83.5 Å². The number of fused-ring (bicyclic) bond motifs is 2. The molecule has 8 aliphatic rings. The summed E-state index contributed by atoms with van der Waals surface area (Å²) in [7, 11) is 0. The van der Waals surface area contributed by atoms with Crippen LogP contribution in [0.15, 0.2) is 11.3 Å². The Morgan fingerprint density at radius 3 is 2.30 bits per heavy atom. The summed E-state index contributed by atoms with van der Waals surface area (Å²) in [5.41, 5.74) is -2.17. The molecule has 0 aromatic heterocycles. The largest absolute Gasteiger partial charge is 0.456 e. The van der Waals surface area contributed by atoms with Gasteiger partial charge in [0.25, 0.3) is 0 Å². The lowest BCUT2D eigenvalue weighted by Crippen LogP contribution is -2.70. The van der Waals surface area contributed by atoms with E-state index in [1.54, 1.807) is 6.92 Å². The van der Waals surface area contributed by atoms with Gasteiger partial charge < -0.3 is 28.4 Å². The van der Waals surface area contributed by atoms with Gasteiger partial charge in [0.2, 0.25) is 17.8 Å². The van der Waals surface area contributed by atoms with Gasteiger partial charge in [-0.3, -0.25) is 5.26 Å². The van der Waals surface area contributed by atoms with Crippen LogP contribution in [0.2, 0.25) is 0 Å². The Bertz CT molecular complexity index is 1220. The topological polar surface area (TPSA) is 103 Å². The summed E-state index contributed by atoms with van der Waals surface area (Å²) in [6, 6.07) is 0. The molecule has 1 N–H and O–H groups in total. The van der Waals surface area contributed by atoms with Gasteiger partial charge in [0, 0.05) is 35.7 Å². The van der Waals surface area contributed by atoms with Crippen molar-refractivity contribution in [3.05, 3.63) is 11.3 Å². The van der Waals surface area contributed by atoms with Gasteiger partial charge in [-0.2, -0.15) is 13.2 Å². The van der Waals surface area contributed by atoms with Crippen molar-refractivity contribution in [1.82, 2.24) is 0 Å². The summed E-state index contributed by atoms with van der Waals surface area (Å²) < 4.78 is 80.5. The number of alkyl halides is 3. The average molecular weight is 677 g/mol. The molecule has 0 radical (unpaired) electrons. The van der Waals surface area contributed by atoms with Gasteiger partial charge in [0.05, 0.1) is 25.9 Å². The van der Waals surface area contributed by atoms with Crippen LogP contribution in [0.1, 0.15) is 92.9 Å². The van der Waals surface area contributed by atoms with Crippen molar-refractivity contribution < 1.29 is 61.5 Å². The Balaban J connectivity index is 1.07. The molecule has 47 heavy (non-hydrogen) atoms. The zero-order valence-electron chi connectivity index (χ0n) is 28.3. The summed E-state index contributed by atoms with van der Waals surface area (Å²) in [5.74, 6) is -3.75. The summed E-state index contributed by atoms with van der Waals surface area (Å²) in [5, 5.41) is 10.4. The number of allylic oxidation sites excluding steroid dienone is 1. The normalized spacial score (nSPS) is 51.0. The van der Waals surface area contributed by atoms with E-state index in [2.05, 4.69) is 13.8 Å². The minimum atomic E-state index is -4.74. The number of rotatable bonds is 7. The first kappa shape index (κ1) is 34.4. The monoisotopic (exact) mass is 676 g/mol. The van der Waals surface area contributed by atoms with E-state index in [1.807, 2.05) is 20.8 Å². The fraction of sp³-hybridized carbons (Fsp3) is 0.941. The molecule has 0 aromatic carbocycles. The predicted octanol–water partition coefficient (Wildman–Crippen LogP) is 6.88. The van der Waals surface area contributed by atoms with Crippen molar-refractivity contribution in [1.29, 1.82) is 0 Å². The van der Waals surface area contributed by atoms with Crippen LogP contribution in [0.3, 0.4) is 0 Å². The first-order valence-electron chi connectivity index (χ1n) is 17.6. The smallest absolute Gasteiger partial charge is 0.449 e. The summed E-state index contributed by atoms with van der Waals surface area (Å²) in [6.45, 7) is 11.6. The molecule has 10 nitrogen and oxygen atoms in total. The molecule has 0 amide bonds. The molecule has 13 heteroatoms. The van der Waals surface area contributed by atoms with Crippen LogP contribution in [-0.4, -0.2) is 72.7 Å². The molecule has 2 aliphatic carbocycles. The van der Waals surface area contributed by atoms with E-state index in [-0.39, 0.29) is 61.1 Å². The van der Waals surface area contributed by atoms with Crippen LogP contribution >= 0.6 is 0 Å². The van der Waals surface area contributed by atoms with Crippen molar-refractivity contribution in [2.24, 2.45) is 41.4 Å². The zero-order valence-corrected chi connectivity index (χ0v) is 28.3. The molecular weight excluding hydrogens is 625 g/mol. The van der Waals surface area contributed by atoms with Gasteiger partial charge >= 0.3 is 6.18 Å². The van der Waals surface area contributed by atoms with E-state index in [4.69, 9.17) is 43.1 Å². The predicted molar refractivity (Wildman–Crippen MR) is 158 cm³/mol. The Kier molecular flexibility index (Phi) is 8.82. The minimum absolute atomic E-state index is 0.0170. The Morgan fingerprint density at radius 2 is 1.55 bits per heavy atom. The Morgan fingerprint density at radius 1 is 0.830 bits per heavy atom. The quantitative estimate of drug-likeness (QED) is 0.174. The second kappa shape index (κ2) is 12.0. The second-order valence-electron chi connectivity index (χ2n) is 15.7. The van der Waals surface area contributed by atoms with Crippen molar-refractivity contribution >= 4 is 0 Å². The maximum atomic E-state index is 14.5. The molecule has 7 fully saturated rings. The van der Waals surface area contributed by atoms with E-state index in [0.29, 0.717) is 25.2 Å². The van der Waals surface area contributed by atoms with Crippen LogP contribution in [0.5, 0.6) is 0 Å². The van der Waals surface area contributed by atoms with Gasteiger partial charge in [0.15, 0.2) is 23.3 Å². The summed E-state index contributed by atoms with van der Waals surface area (Å²) in [6.07, 6.45) is -0.987. The van der Waals surface area contributed by atoms with E-state index in [9.17, 15) is 18.4 Å². The number of hydrogen-bond donors (Lipinski definition) is 1. The summed E-state index contributed by atoms with van der Waals surface area (Å²) >= 11 is 0. The van der Waals surface area contributed by atoms with Crippen LogP contribution in [0.25, 0.3) is 0 Å². The van der Waals surface area contributed by atoms with E-state index >= 15 is 0 Å². The molecule has 8 rings (SSSR count). The lowest BCUT2D eigenvalue weighted by Gasteiger charge is -2.60. The molecule has 1 spiro atoms. The molecule has 268 valence electrons. The molecule has 0 aromatic rings. The van der Waals surface area contributed by atoms with Crippen molar-refractivity contribution in [3.8, 4) is 0 Å². The highest BCUT2D eigenvalue weighted by Gasteiger charge is 2.71. The number of halogens is 3. The SMILES string of the molecule is C[C@@H]1CC[C@H]2[C@@H](C)[C@@](C)(OCCOCC3=C(C(F)(F)F)O[C@@H]4OC5(C)CCC6[C@H](C)CC[C@@H]3[C@]64OO5)O[C@@H]3O[C@@H](C)CCC1C32OO. The number of ether oxygens (including phenoxy) is 6. The summed E-state index contributed by atoms with van der Waals surface area (Å²) in [4.78, 5) is 17.2. The highest BCUT2D eigenvalue weighted by Crippen LogP contribution is 2.62. The number of hydrogen-bond acceptors (Lipinski definition) is 10. The zero-order chi connectivity index (χ0) is 33.6. The molecule has 6 aliphatic heterocycles. The lowest BCUT2D eigenvalue weighted by molar-refractivity contribution is -0.557. The lowest BCUT2D eigenvalue weighted by atomic mass is 9.57. The first-order valence-corrected chi connectivity index (χ1v) is 17.6. The maximum Gasteiger partial charge on any atom is 0.449 e. The fourth-order valence-electron chi connectivity index (χ4n) is 10.4. The van der Waals surface area contributed by atoms with Gasteiger partial charge in [-0.25, -0.2) is 14.7 Å². The third kappa shape index (κ3) is 5.32. The van der Waals surface area contributed by atoms with Gasteiger partial charge in [-0.1, -0.05) is 20.8 Å². The van der Waals surface area contributed by atoms with E-state index in [1.165, 1.54) is 0 Å². The van der Waals surface area contributed by atoms with Crippen LogP contribution in [0, 0.1) is 41.4 Å². The molecule has 4 unspecified atom stereocenters. The minimum Gasteiger partial charge on any atom is -0.456 e. The highest BCUT2D eigenvalue weighted by molar-refractivity contribution is 5.28. The van der Waals surface area contributed by atoms with Crippen LogP contribution < -0.4 is 0 Å². The Labute approximate surface area is 274 Å². The average Bonchev–Trinajstić information content (AvgIpc) is 3.32. The van der Waals surface area contributed by atoms with Crippen molar-refractivity contribution in [2.45, 2.75) is 141 Å². The molecule has 14 atom stereocenters. The standard InChI is InChI=1S/C34H51F3O10/c1-18-7-10-25-21(4)31(6,44-28-32(25,45-38)23(18)12-9-20(3)41-28)40-16-15-39-17-22-26-11-8-19(2)24-13-14-30(5)43-29(33(24,26)47-46-30)42-27(22)34(35,36)37/h18-21,23-26,28-29,38H,7-17H2,1-6H3/t18-,19-,20+,21-,23?,24?,25+,26+,28+,29-,30?,31+,32?,33-/m1/s1. The molecule has 6 heterocycles. The Hall–Kier alpha value is -1.03. The highest BCUT2D eigenvalue weighted by atomic mass is 19.4. The fourth-order valence-corrected chi connectivity index (χ4v) is 10.4. The molecular formula is C34H51F3O10. The van der Waals surface area contributed by atoms with Gasteiger partial charge in [0.1, 0.15) is 0 Å². The maximum absolute atomic E-state index is 14.5. The van der Waals surface area contributed by atoms with Gasteiger partial charge in [-0.15, -0.1) is 0 Å². The van der Waals surface area contributed by atoms with Crippen LogP contribution in [-0.2, 0) is 43.1 Å². The van der Waals surface area contributed by atoms with Crippen molar-refractivity contribution in [2.75, 3.05) is 19.8 Å². The van der Waals surface area contributed by atoms with Crippen molar-refractivity contribution in [3.63, 3.8) is 0 Å². The first-order chi connectivity index (χ1) is 22.2. The van der Waals surface area contributed by atoms with E-state index in [0.717, 1.165) is 32.1 Å². The van der Waals surface area contributed by atoms with E-state index < -0.39 is 53.2 Å².